The molecule has 4 aromatic carbocycles. The number of hydrogen-bond donors (Lipinski definition) is 5. The number of para-hydroxylation sites is 1. The van der Waals surface area contributed by atoms with Gasteiger partial charge in [-0.3, -0.25) is 25.0 Å². The van der Waals surface area contributed by atoms with Crippen molar-refractivity contribution < 1.29 is 138 Å². The first-order chi connectivity index (χ1) is 42.9. The Balaban J connectivity index is 0. The second kappa shape index (κ2) is 41.8. The molecule has 4 aliphatic heterocycles. The van der Waals surface area contributed by atoms with Crippen molar-refractivity contribution >= 4 is 120 Å². The Labute approximate surface area is 563 Å². The molecule has 95 heavy (non-hydrogen) atoms. The SMILES string of the molecule is CB(O)N1CC=C(c2ccc([N+](=O)[O-])cc2)CC1.CB(O)N1CCC(c2ccc(N)cc2)CC1.O.O.O=C[B]N1CC=C(OS(=O)(=O)C(F)(F)F)CC1.O=C[B]N1CCC(=O)CC1.O=S(=O)(N(SC(F)(F)F)c1ccccc1)C(F)(F)F.O=[N+]([O-])c1ccc(B(O)O)cc1.[HH].[Pd]. The molecule has 0 saturated carbocycles. The summed E-state index contributed by atoms with van der Waals surface area (Å²) in [6.45, 7) is 8.83. The van der Waals surface area contributed by atoms with E-state index in [9.17, 15) is 101 Å². The van der Waals surface area contributed by atoms with Crippen LogP contribution < -0.4 is 14.9 Å². The van der Waals surface area contributed by atoms with Gasteiger partial charge in [-0.25, -0.2) is 0 Å². The molecule has 0 spiro atoms. The Morgan fingerprint density at radius 1 is 0.663 bits per heavy atom. The fraction of sp³-hybridized carbons (Fsp3) is 0.392. The van der Waals surface area contributed by atoms with E-state index in [1.807, 2.05) is 28.6 Å². The molecule has 2 saturated heterocycles. The summed E-state index contributed by atoms with van der Waals surface area (Å²) in [6, 6.07) is 25.0. The van der Waals surface area contributed by atoms with Crippen molar-refractivity contribution in [3.63, 3.8) is 0 Å². The molecule has 0 aliphatic carbocycles. The van der Waals surface area contributed by atoms with Crippen LogP contribution in [0.3, 0.4) is 0 Å². The fourth-order valence-electron chi connectivity index (χ4n) is 8.36. The molecular weight excluding hydrogens is 1440 g/mol. The zero-order valence-electron chi connectivity index (χ0n) is 50.3. The maximum Gasteiger partial charge on any atom is 0.534 e. The first-order valence-electron chi connectivity index (χ1n) is 27.3. The van der Waals surface area contributed by atoms with Gasteiger partial charge in [-0.15, -0.1) is 0 Å². The number of hydrogen-bond acceptors (Lipinski definition) is 22. The zero-order chi connectivity index (χ0) is 69.2. The Morgan fingerprint density at radius 2 is 1.15 bits per heavy atom. The van der Waals surface area contributed by atoms with Crippen LogP contribution in [0.25, 0.3) is 5.57 Å². The number of non-ortho nitro benzene ring substituents is 2. The van der Waals surface area contributed by atoms with Crippen LogP contribution in [0.2, 0.25) is 13.6 Å². The molecule has 0 amide bonds. The van der Waals surface area contributed by atoms with Crippen molar-refractivity contribution in [1.29, 1.82) is 0 Å². The maximum absolute atomic E-state index is 12.3. The number of sulfonamides is 1. The molecule has 2 radical (unpaired) electrons. The zero-order valence-corrected chi connectivity index (χ0v) is 54.3. The van der Waals surface area contributed by atoms with Gasteiger partial charge in [0.2, 0.25) is 0 Å². The van der Waals surface area contributed by atoms with Crippen molar-refractivity contribution in [2.45, 2.75) is 74.6 Å². The normalized spacial score (nSPS) is 15.5. The van der Waals surface area contributed by atoms with E-state index in [2.05, 4.69) is 27.2 Å². The molecule has 0 bridgehead atoms. The van der Waals surface area contributed by atoms with E-state index in [1.165, 1.54) is 79.3 Å². The molecule has 526 valence electrons. The molecule has 4 heterocycles. The number of nitrogens with two attached hydrogens (primary N) is 1. The summed E-state index contributed by atoms with van der Waals surface area (Å²) in [7, 11) is -11.4. The van der Waals surface area contributed by atoms with E-state index < -0.39 is 82.0 Å². The summed E-state index contributed by atoms with van der Waals surface area (Å²) < 4.78 is 156. The first kappa shape index (κ1) is 88.8. The van der Waals surface area contributed by atoms with Gasteiger partial charge in [-0.05, 0) is 143 Å². The van der Waals surface area contributed by atoms with Crippen LogP contribution in [-0.2, 0) is 59.1 Å². The van der Waals surface area contributed by atoms with Gasteiger partial charge in [0.1, 0.15) is 11.5 Å². The average Bonchev–Trinajstić information content (AvgIpc) is 0.789. The molecule has 0 atom stereocenters. The van der Waals surface area contributed by atoms with E-state index >= 15 is 0 Å². The predicted molar refractivity (Wildman–Crippen MR) is 340 cm³/mol. The number of piperidine rings is 2. The molecule has 0 unspecified atom stereocenters. The summed E-state index contributed by atoms with van der Waals surface area (Å²) in [4.78, 5) is 58.0. The van der Waals surface area contributed by atoms with Crippen molar-refractivity contribution in [3.05, 3.63) is 152 Å². The minimum atomic E-state index is -6.15. The molecule has 44 heteroatoms. The second-order valence-electron chi connectivity index (χ2n) is 19.8. The first-order valence-corrected chi connectivity index (χ1v) is 30.9. The predicted octanol–water partition coefficient (Wildman–Crippen LogP) is 4.44. The number of halogens is 9. The van der Waals surface area contributed by atoms with Gasteiger partial charge in [0.25, 0.3) is 26.2 Å². The van der Waals surface area contributed by atoms with Crippen LogP contribution in [0.15, 0.2) is 121 Å². The number of nitrogens with zero attached hydrogens (tertiary/aromatic N) is 7. The van der Waals surface area contributed by atoms with Crippen LogP contribution in [0.5, 0.6) is 0 Å². The van der Waals surface area contributed by atoms with Crippen molar-refractivity contribution in [1.82, 2.24) is 19.2 Å². The molecular formula is C51H68B5F9N8O18PdS3. The minimum Gasteiger partial charge on any atom is -0.437 e. The topological polar surface area (TPSA) is 401 Å². The van der Waals surface area contributed by atoms with E-state index in [4.69, 9.17) is 15.8 Å². The van der Waals surface area contributed by atoms with Gasteiger partial charge < -0.3 is 69.8 Å². The number of ketones is 1. The molecule has 4 aromatic rings. The summed E-state index contributed by atoms with van der Waals surface area (Å²) in [5, 5.41) is 56.9. The second-order valence-corrected chi connectivity index (χ2v) is 24.4. The monoisotopic (exact) mass is 1510 g/mol. The molecule has 10 N–H and O–H groups in total. The molecule has 4 aliphatic rings. The molecule has 8 rings (SSSR count). The summed E-state index contributed by atoms with van der Waals surface area (Å²) in [6.07, 6.45) is 8.80. The number of nitro benzene ring substituents is 2. The molecule has 0 aromatic heterocycles. The van der Waals surface area contributed by atoms with Crippen molar-refractivity contribution in [2.75, 3.05) is 61.8 Å². The van der Waals surface area contributed by atoms with Crippen LogP contribution in [-0.4, -0.2) is 200 Å². The number of benzene rings is 4. The third kappa shape index (κ3) is 31.2. The van der Waals surface area contributed by atoms with Gasteiger partial charge in [-0.1, -0.05) is 48.5 Å². The summed E-state index contributed by atoms with van der Waals surface area (Å²) >= 11 is -1.39. The largest absolute Gasteiger partial charge is 0.534 e. The van der Waals surface area contributed by atoms with E-state index in [0.29, 0.717) is 50.4 Å². The van der Waals surface area contributed by atoms with Gasteiger partial charge in [-0.2, -0.15) is 60.1 Å². The Kier molecular flexibility index (Phi) is 39.0. The van der Waals surface area contributed by atoms with E-state index in [0.717, 1.165) is 80.6 Å². The third-order valence-corrected chi connectivity index (χ3v) is 17.0. The number of alkyl halides is 9. The molecule has 26 nitrogen and oxygen atoms in total. The smallest absolute Gasteiger partial charge is 0.437 e. The number of anilines is 2. The van der Waals surface area contributed by atoms with Gasteiger partial charge in [0, 0.05) is 84.2 Å². The summed E-state index contributed by atoms with van der Waals surface area (Å²) in [5.41, 5.74) is -6.84. The van der Waals surface area contributed by atoms with Crippen molar-refractivity contribution in [3.8, 4) is 0 Å². The van der Waals surface area contributed by atoms with Crippen LogP contribution >= 0.6 is 11.9 Å². The number of carbonyl (C=O) groups is 3. The van der Waals surface area contributed by atoms with Gasteiger partial charge in [0.15, 0.2) is 0 Å². The van der Waals surface area contributed by atoms with E-state index in [-0.39, 0.29) is 82.0 Å². The number of carbonyl (C=O) groups excluding carboxylic acids is 3. The van der Waals surface area contributed by atoms with Crippen LogP contribution in [0.1, 0.15) is 57.0 Å². The average molecular weight is 1510 g/mol. The number of nitrogen functional groups attached to an aromatic ring is 1. The maximum atomic E-state index is 12.3. The van der Waals surface area contributed by atoms with Crippen LogP contribution in [0.4, 0.5) is 62.3 Å². The quantitative estimate of drug-likeness (QED) is 0.0119. The Hall–Kier alpha value is -6.22. The van der Waals surface area contributed by atoms with Gasteiger partial charge >= 0.3 is 57.9 Å². The Bertz CT molecular complexity index is 3310. The Morgan fingerprint density at radius 3 is 1.55 bits per heavy atom. The number of Topliss-reactive ketones (excluding diaryl/α,β-unsaturated/α-hetero) is 1. The number of nitro groups is 2. The standard InChI is InChI=1S/C12H15BN2O3.C12H19BN2O.C8H5F6NO2S2.C7H8BF3NO4S.C6H6BNO4.C6H9BNO2.2H2O.Pd.H2/c1-13(16)14-8-6-11(7-9-14)10-2-4-12(5-3-10)15(17)18;1-13(16)15-8-6-11(7-9-15)10-2-4-12(14)5-3-10;9-7(10,11)18-15(6-4-2-1-3-5-6)19(16,17)8(12,13)14;9-7(10,11)17(14,15)16-6-1-3-12(4-2-6)8-5-13;9-7(10)5-1-3-6(4-2-5)8(11)12;9-5-7-8-3-1-6(10)2-4-8;;;;/h2-6,16H,7-9H2,1H3;2-5,11,16H,6-9,14H2,1H3;1-5H;1,5H,2-4H2;1-4,9-10H;5H,1-4H2;2*1H2;;1H. The summed E-state index contributed by atoms with van der Waals surface area (Å²) in [5.74, 6) is 0.657. The van der Waals surface area contributed by atoms with Gasteiger partial charge in [0.05, 0.1) is 39.9 Å². The third-order valence-electron chi connectivity index (χ3n) is 13.3. The van der Waals surface area contributed by atoms with Crippen molar-refractivity contribution in [2.24, 2.45) is 0 Å². The molecule has 2 fully saturated rings. The fourth-order valence-corrected chi connectivity index (χ4v) is 10.8. The van der Waals surface area contributed by atoms with E-state index in [1.54, 1.807) is 19.0 Å². The van der Waals surface area contributed by atoms with Crippen LogP contribution in [0, 0.1) is 20.2 Å². The minimum absolute atomic E-state index is 0. The number of rotatable bonds is 16.